The first-order valence-electron chi connectivity index (χ1n) is 7.96. The Morgan fingerprint density at radius 2 is 2.00 bits per heavy atom. The number of methoxy groups -OCH3 is 1. The molecule has 1 saturated heterocycles. The van der Waals surface area contributed by atoms with Crippen molar-refractivity contribution in [1.29, 1.82) is 0 Å². The molecule has 0 bridgehead atoms. The number of hydrogen-bond acceptors (Lipinski definition) is 4. The highest BCUT2D eigenvalue weighted by molar-refractivity contribution is 5.98. The number of nitrogens with zero attached hydrogens (tertiary/aromatic N) is 1. The molecule has 1 saturated carbocycles. The fraction of sp³-hybridized carbons (Fsp3) is 0.588. The second-order valence-corrected chi connectivity index (χ2v) is 6.18. The molecule has 4 nitrogen and oxygen atoms in total. The van der Waals surface area contributed by atoms with Gasteiger partial charge in [0.05, 0.1) is 24.0 Å². The highest BCUT2D eigenvalue weighted by Gasteiger charge is 2.34. The molecular weight excluding hydrogens is 264 g/mol. The fourth-order valence-electron chi connectivity index (χ4n) is 4.02. The minimum Gasteiger partial charge on any atom is -0.465 e. The van der Waals surface area contributed by atoms with Crippen LogP contribution in [-0.2, 0) is 4.74 Å². The number of ether oxygens (including phenoxy) is 1. The number of nitrogen functional groups attached to an aromatic ring is 1. The Hall–Kier alpha value is -1.71. The molecule has 3 rings (SSSR count). The summed E-state index contributed by atoms with van der Waals surface area (Å²) < 4.78 is 4.82. The number of anilines is 2. The Bertz CT molecular complexity index is 524. The number of carbonyl (C=O) groups is 1. The molecule has 1 aliphatic heterocycles. The molecule has 1 atom stereocenters. The molecule has 0 amide bonds. The Morgan fingerprint density at radius 3 is 2.71 bits per heavy atom. The Balaban J connectivity index is 1.90. The quantitative estimate of drug-likeness (QED) is 0.685. The molecule has 1 aromatic rings. The largest absolute Gasteiger partial charge is 0.465 e. The zero-order chi connectivity index (χ0) is 14.8. The Labute approximate surface area is 126 Å². The van der Waals surface area contributed by atoms with E-state index < -0.39 is 0 Å². The van der Waals surface area contributed by atoms with Crippen LogP contribution in [0.3, 0.4) is 0 Å². The summed E-state index contributed by atoms with van der Waals surface area (Å²) >= 11 is 0. The SMILES string of the molecule is COC(=O)c1cccc(N2CCCC2C2CCCC2)c1N. The van der Waals surface area contributed by atoms with Gasteiger partial charge in [-0.25, -0.2) is 4.79 Å². The summed E-state index contributed by atoms with van der Waals surface area (Å²) in [4.78, 5) is 14.2. The van der Waals surface area contributed by atoms with E-state index in [1.807, 2.05) is 12.1 Å². The predicted octanol–water partition coefficient (Wildman–Crippen LogP) is 3.21. The van der Waals surface area contributed by atoms with E-state index in [9.17, 15) is 4.79 Å². The van der Waals surface area contributed by atoms with Gasteiger partial charge in [0.2, 0.25) is 0 Å². The van der Waals surface area contributed by atoms with Gasteiger partial charge in [-0.3, -0.25) is 0 Å². The minimum absolute atomic E-state index is 0.356. The summed E-state index contributed by atoms with van der Waals surface area (Å²) in [6, 6.07) is 6.27. The van der Waals surface area contributed by atoms with Crippen LogP contribution in [0.1, 0.15) is 48.9 Å². The molecule has 0 radical (unpaired) electrons. The molecule has 2 N–H and O–H groups in total. The normalized spacial score (nSPS) is 22.7. The molecule has 2 fully saturated rings. The van der Waals surface area contributed by atoms with Gasteiger partial charge in [0.15, 0.2) is 0 Å². The first kappa shape index (κ1) is 14.2. The van der Waals surface area contributed by atoms with Gasteiger partial charge in [-0.15, -0.1) is 0 Å². The van der Waals surface area contributed by atoms with E-state index in [0.29, 0.717) is 17.3 Å². The first-order chi connectivity index (χ1) is 10.2. The van der Waals surface area contributed by atoms with E-state index in [-0.39, 0.29) is 5.97 Å². The summed E-state index contributed by atoms with van der Waals surface area (Å²) in [6.07, 6.45) is 7.82. The highest BCUT2D eigenvalue weighted by Crippen LogP contribution is 2.40. The maximum atomic E-state index is 11.8. The molecule has 4 heteroatoms. The van der Waals surface area contributed by atoms with Crippen LogP contribution in [0.25, 0.3) is 0 Å². The van der Waals surface area contributed by atoms with Gasteiger partial charge >= 0.3 is 5.97 Å². The maximum absolute atomic E-state index is 11.8. The predicted molar refractivity (Wildman–Crippen MR) is 84.5 cm³/mol. The van der Waals surface area contributed by atoms with Crippen molar-refractivity contribution in [2.45, 2.75) is 44.6 Å². The standard InChI is InChI=1S/C17H24N2O2/c1-21-17(20)13-8-4-9-15(16(13)18)19-11-5-10-14(19)12-6-2-3-7-12/h4,8-9,12,14H,2-3,5-7,10-11,18H2,1H3. The highest BCUT2D eigenvalue weighted by atomic mass is 16.5. The van der Waals surface area contributed by atoms with E-state index in [2.05, 4.69) is 4.90 Å². The van der Waals surface area contributed by atoms with Gasteiger partial charge in [0.1, 0.15) is 0 Å². The van der Waals surface area contributed by atoms with E-state index in [4.69, 9.17) is 10.5 Å². The third-order valence-corrected chi connectivity index (χ3v) is 5.04. The summed E-state index contributed by atoms with van der Waals surface area (Å²) in [5.41, 5.74) is 8.31. The maximum Gasteiger partial charge on any atom is 0.340 e. The van der Waals surface area contributed by atoms with Crippen molar-refractivity contribution in [3.05, 3.63) is 23.8 Å². The molecule has 1 unspecified atom stereocenters. The zero-order valence-electron chi connectivity index (χ0n) is 12.7. The van der Waals surface area contributed by atoms with E-state index >= 15 is 0 Å². The summed E-state index contributed by atoms with van der Waals surface area (Å²) in [5, 5.41) is 0. The number of rotatable bonds is 3. The van der Waals surface area contributed by atoms with E-state index in [0.717, 1.165) is 18.2 Å². The van der Waals surface area contributed by atoms with Crippen LogP contribution in [0.15, 0.2) is 18.2 Å². The lowest BCUT2D eigenvalue weighted by Gasteiger charge is -2.32. The molecular formula is C17H24N2O2. The van der Waals surface area contributed by atoms with Crippen LogP contribution in [0.5, 0.6) is 0 Å². The molecule has 1 aromatic carbocycles. The molecule has 114 valence electrons. The molecule has 1 aliphatic carbocycles. The summed E-state index contributed by atoms with van der Waals surface area (Å²) in [6.45, 7) is 1.04. The summed E-state index contributed by atoms with van der Waals surface area (Å²) in [5.74, 6) is 0.430. The number of para-hydroxylation sites is 1. The van der Waals surface area contributed by atoms with Crippen molar-refractivity contribution in [1.82, 2.24) is 0 Å². The zero-order valence-corrected chi connectivity index (χ0v) is 12.7. The fourth-order valence-corrected chi connectivity index (χ4v) is 4.02. The van der Waals surface area contributed by atoms with Crippen LogP contribution in [-0.4, -0.2) is 25.7 Å². The van der Waals surface area contributed by atoms with Crippen molar-refractivity contribution in [3.63, 3.8) is 0 Å². The molecule has 0 aromatic heterocycles. The van der Waals surface area contributed by atoms with E-state index in [1.165, 1.54) is 45.6 Å². The first-order valence-corrected chi connectivity index (χ1v) is 7.96. The van der Waals surface area contributed by atoms with Gasteiger partial charge in [-0.1, -0.05) is 18.9 Å². The Morgan fingerprint density at radius 1 is 1.24 bits per heavy atom. The number of nitrogens with two attached hydrogens (primary N) is 1. The lowest BCUT2D eigenvalue weighted by Crippen LogP contribution is -2.35. The molecule has 0 spiro atoms. The van der Waals surface area contributed by atoms with Crippen molar-refractivity contribution >= 4 is 17.3 Å². The third-order valence-electron chi connectivity index (χ3n) is 5.04. The number of hydrogen-bond donors (Lipinski definition) is 1. The monoisotopic (exact) mass is 288 g/mol. The van der Waals surface area contributed by atoms with Crippen LogP contribution in [0, 0.1) is 5.92 Å². The van der Waals surface area contributed by atoms with Gasteiger partial charge in [-0.2, -0.15) is 0 Å². The topological polar surface area (TPSA) is 55.6 Å². The lowest BCUT2D eigenvalue weighted by atomic mass is 9.95. The second kappa shape index (κ2) is 5.96. The van der Waals surface area contributed by atoms with Gasteiger partial charge < -0.3 is 15.4 Å². The lowest BCUT2D eigenvalue weighted by molar-refractivity contribution is 0.0602. The van der Waals surface area contributed by atoms with Crippen LogP contribution in [0.2, 0.25) is 0 Å². The van der Waals surface area contributed by atoms with E-state index in [1.54, 1.807) is 6.07 Å². The molecule has 2 aliphatic rings. The average Bonchev–Trinajstić information content (AvgIpc) is 3.17. The van der Waals surface area contributed by atoms with Crippen molar-refractivity contribution < 1.29 is 9.53 Å². The average molecular weight is 288 g/mol. The Kier molecular flexibility index (Phi) is 4.04. The smallest absolute Gasteiger partial charge is 0.340 e. The number of carbonyl (C=O) groups excluding carboxylic acids is 1. The van der Waals surface area contributed by atoms with Gasteiger partial charge in [0, 0.05) is 12.6 Å². The van der Waals surface area contributed by atoms with Crippen molar-refractivity contribution in [2.75, 3.05) is 24.3 Å². The number of esters is 1. The number of benzene rings is 1. The third kappa shape index (κ3) is 2.59. The van der Waals surface area contributed by atoms with Gasteiger partial charge in [0.25, 0.3) is 0 Å². The van der Waals surface area contributed by atoms with Crippen LogP contribution < -0.4 is 10.6 Å². The van der Waals surface area contributed by atoms with Crippen molar-refractivity contribution in [3.8, 4) is 0 Å². The molecule has 21 heavy (non-hydrogen) atoms. The van der Waals surface area contributed by atoms with Gasteiger partial charge in [-0.05, 0) is 43.7 Å². The molecule has 1 heterocycles. The minimum atomic E-state index is -0.356. The summed E-state index contributed by atoms with van der Waals surface area (Å²) in [7, 11) is 1.39. The van der Waals surface area contributed by atoms with Crippen LogP contribution in [0.4, 0.5) is 11.4 Å². The van der Waals surface area contributed by atoms with Crippen molar-refractivity contribution in [2.24, 2.45) is 5.92 Å². The van der Waals surface area contributed by atoms with Crippen LogP contribution >= 0.6 is 0 Å². The second-order valence-electron chi connectivity index (χ2n) is 6.18.